The molecule has 5 heteroatoms. The van der Waals surface area contributed by atoms with Gasteiger partial charge < -0.3 is 14.1 Å². The van der Waals surface area contributed by atoms with Crippen LogP contribution in [0.2, 0.25) is 0 Å². The largest absolute Gasteiger partial charge is 0.463 e. The lowest BCUT2D eigenvalue weighted by Crippen LogP contribution is -2.24. The van der Waals surface area contributed by atoms with Gasteiger partial charge in [0.05, 0.1) is 18.4 Å². The monoisotopic (exact) mass is 331 g/mol. The van der Waals surface area contributed by atoms with Crippen molar-refractivity contribution in [2.24, 2.45) is 0 Å². The molecule has 0 saturated heterocycles. The van der Waals surface area contributed by atoms with Crippen molar-refractivity contribution in [2.45, 2.75) is 20.8 Å². The van der Waals surface area contributed by atoms with E-state index in [0.717, 1.165) is 35.5 Å². The number of rotatable bonds is 5. The molecular weight excluding hydrogens is 310 g/mol. The van der Waals surface area contributed by atoms with Gasteiger partial charge in [0.2, 0.25) is 10.5 Å². The van der Waals surface area contributed by atoms with E-state index in [-0.39, 0.29) is 5.76 Å². The molecule has 23 heavy (non-hydrogen) atoms. The second kappa shape index (κ2) is 7.42. The van der Waals surface area contributed by atoms with Crippen LogP contribution in [0, 0.1) is 11.6 Å². The molecule has 4 nitrogen and oxygen atoms in total. The summed E-state index contributed by atoms with van der Waals surface area (Å²) in [6.45, 7) is 7.61. The van der Waals surface area contributed by atoms with Crippen LogP contribution in [0.4, 0.5) is 5.69 Å². The maximum absolute atomic E-state index is 12.0. The van der Waals surface area contributed by atoms with Gasteiger partial charge in [-0.1, -0.05) is 30.3 Å². The second-order valence-corrected chi connectivity index (χ2v) is 5.47. The van der Waals surface area contributed by atoms with Crippen molar-refractivity contribution in [3.8, 4) is 11.1 Å². The zero-order valence-corrected chi connectivity index (χ0v) is 14.7. The fraction of sp³-hybridized carbons (Fsp3) is 0.333. The molecule has 122 valence electrons. The number of hydrogen-bond acceptors (Lipinski definition) is 5. The van der Waals surface area contributed by atoms with Crippen molar-refractivity contribution in [3.63, 3.8) is 0 Å². The minimum absolute atomic E-state index is 0.166. The Balaban J connectivity index is 2.83. The fourth-order valence-corrected chi connectivity index (χ4v) is 2.99. The first kappa shape index (κ1) is 17.2. The molecule has 0 aliphatic carbocycles. The Labute approximate surface area is 141 Å². The molecule has 0 N–H and O–H groups in total. The Kier molecular flexibility index (Phi) is 5.55. The number of benzene rings is 1. The topological polar surface area (TPSA) is 42.7 Å². The summed E-state index contributed by atoms with van der Waals surface area (Å²) in [5, 5.41) is 0. The van der Waals surface area contributed by atoms with E-state index in [2.05, 4.69) is 18.7 Å². The zero-order valence-electron chi connectivity index (χ0n) is 13.9. The second-order valence-electron chi connectivity index (χ2n) is 5.10. The molecule has 1 heterocycles. The van der Waals surface area contributed by atoms with Gasteiger partial charge in [-0.3, -0.25) is 0 Å². The summed E-state index contributed by atoms with van der Waals surface area (Å²) >= 11 is 5.45. The molecule has 0 saturated carbocycles. The number of anilines is 1. The van der Waals surface area contributed by atoms with Crippen LogP contribution >= 0.6 is 12.2 Å². The number of carbonyl (C=O) groups is 1. The molecule has 0 bridgehead atoms. The first-order valence-corrected chi connectivity index (χ1v) is 8.02. The standard InChI is InChI=1S/C18H21NO3S/c1-5-19(6-2)15-12(3)16(17(20)21-4)22-18(23)14(15)13-10-8-7-9-11-13/h7-11H,5-6H2,1-4H3. The van der Waals surface area contributed by atoms with Crippen LogP contribution in [0.1, 0.15) is 30.0 Å². The Morgan fingerprint density at radius 2 is 1.83 bits per heavy atom. The first-order valence-electron chi connectivity index (χ1n) is 7.61. The molecule has 0 atom stereocenters. The predicted molar refractivity (Wildman–Crippen MR) is 94.6 cm³/mol. The average Bonchev–Trinajstić information content (AvgIpc) is 2.58. The summed E-state index contributed by atoms with van der Waals surface area (Å²) in [5.74, 6) is -0.347. The van der Waals surface area contributed by atoms with Crippen LogP contribution in [0.3, 0.4) is 0 Å². The maximum Gasteiger partial charge on any atom is 0.374 e. The third kappa shape index (κ3) is 3.29. The van der Waals surface area contributed by atoms with E-state index in [1.54, 1.807) is 0 Å². The highest BCUT2D eigenvalue weighted by molar-refractivity contribution is 7.71. The van der Waals surface area contributed by atoms with Gasteiger partial charge in [-0.15, -0.1) is 0 Å². The Morgan fingerprint density at radius 3 is 2.35 bits per heavy atom. The number of hydrogen-bond donors (Lipinski definition) is 0. The molecule has 1 aromatic carbocycles. The Bertz CT molecular complexity index is 749. The summed E-state index contributed by atoms with van der Waals surface area (Å²) in [6.07, 6.45) is 0. The summed E-state index contributed by atoms with van der Waals surface area (Å²) in [5.41, 5.74) is 3.49. The molecular formula is C18H21NO3S. The van der Waals surface area contributed by atoms with Crippen LogP contribution in [0.15, 0.2) is 34.7 Å². The van der Waals surface area contributed by atoms with Crippen molar-refractivity contribution in [3.05, 3.63) is 46.4 Å². The number of carbonyl (C=O) groups excluding carboxylic acids is 1. The maximum atomic E-state index is 12.0. The van der Waals surface area contributed by atoms with Gasteiger partial charge in [0.1, 0.15) is 0 Å². The third-order valence-electron chi connectivity index (χ3n) is 3.84. The van der Waals surface area contributed by atoms with E-state index in [4.69, 9.17) is 21.4 Å². The Hall–Kier alpha value is -2.14. The van der Waals surface area contributed by atoms with Crippen LogP contribution < -0.4 is 4.90 Å². The van der Waals surface area contributed by atoms with Crippen LogP contribution in [-0.2, 0) is 4.74 Å². The number of nitrogens with zero attached hydrogens (tertiary/aromatic N) is 1. The molecule has 0 unspecified atom stereocenters. The molecule has 0 aliphatic rings. The molecule has 0 fully saturated rings. The highest BCUT2D eigenvalue weighted by Crippen LogP contribution is 2.37. The van der Waals surface area contributed by atoms with E-state index in [1.165, 1.54) is 7.11 Å². The quantitative estimate of drug-likeness (QED) is 0.591. The van der Waals surface area contributed by atoms with Gasteiger partial charge in [0.25, 0.3) is 0 Å². The molecule has 0 radical (unpaired) electrons. The lowest BCUT2D eigenvalue weighted by Gasteiger charge is -2.26. The summed E-state index contributed by atoms with van der Waals surface area (Å²) < 4.78 is 10.8. The number of methoxy groups -OCH3 is 1. The van der Waals surface area contributed by atoms with Gasteiger partial charge >= 0.3 is 5.97 Å². The minimum Gasteiger partial charge on any atom is -0.463 e. The van der Waals surface area contributed by atoms with Crippen molar-refractivity contribution in [1.29, 1.82) is 0 Å². The van der Waals surface area contributed by atoms with Gasteiger partial charge in [0, 0.05) is 18.7 Å². The van der Waals surface area contributed by atoms with E-state index in [1.807, 2.05) is 37.3 Å². The van der Waals surface area contributed by atoms with Crippen molar-refractivity contribution >= 4 is 23.9 Å². The van der Waals surface area contributed by atoms with Crippen LogP contribution in [0.25, 0.3) is 11.1 Å². The Morgan fingerprint density at radius 1 is 1.22 bits per heavy atom. The highest BCUT2D eigenvalue weighted by atomic mass is 32.1. The average molecular weight is 331 g/mol. The molecule has 2 aromatic rings. The lowest BCUT2D eigenvalue weighted by molar-refractivity contribution is 0.0560. The summed E-state index contributed by atoms with van der Waals surface area (Å²) in [4.78, 5) is 14.2. The van der Waals surface area contributed by atoms with Crippen LogP contribution in [0.5, 0.6) is 0 Å². The summed E-state index contributed by atoms with van der Waals surface area (Å²) in [7, 11) is 1.34. The third-order valence-corrected chi connectivity index (χ3v) is 4.13. The van der Waals surface area contributed by atoms with Crippen molar-refractivity contribution in [2.75, 3.05) is 25.1 Å². The normalized spacial score (nSPS) is 10.4. The molecule has 1 aromatic heterocycles. The smallest absolute Gasteiger partial charge is 0.374 e. The predicted octanol–water partition coefficient (Wildman–Crippen LogP) is 4.62. The molecule has 2 rings (SSSR count). The lowest BCUT2D eigenvalue weighted by atomic mass is 10.0. The first-order chi connectivity index (χ1) is 11.0. The van der Waals surface area contributed by atoms with Gasteiger partial charge in [0.15, 0.2) is 0 Å². The minimum atomic E-state index is -0.512. The molecule has 0 spiro atoms. The van der Waals surface area contributed by atoms with Gasteiger partial charge in [-0.05, 0) is 38.6 Å². The van der Waals surface area contributed by atoms with Crippen molar-refractivity contribution in [1.82, 2.24) is 0 Å². The zero-order chi connectivity index (χ0) is 17.0. The van der Waals surface area contributed by atoms with Crippen LogP contribution in [-0.4, -0.2) is 26.2 Å². The van der Waals surface area contributed by atoms with Gasteiger partial charge in [-0.25, -0.2) is 4.79 Å². The molecule has 0 amide bonds. The number of esters is 1. The number of ether oxygens (including phenoxy) is 1. The fourth-order valence-electron chi connectivity index (χ4n) is 2.69. The van der Waals surface area contributed by atoms with Crippen molar-refractivity contribution < 1.29 is 13.9 Å². The summed E-state index contributed by atoms with van der Waals surface area (Å²) in [6, 6.07) is 9.85. The van der Waals surface area contributed by atoms with E-state index in [9.17, 15) is 4.79 Å². The molecule has 0 aliphatic heterocycles. The van der Waals surface area contributed by atoms with E-state index < -0.39 is 5.97 Å². The highest BCUT2D eigenvalue weighted by Gasteiger charge is 2.23. The SMILES string of the molecule is CCN(CC)c1c(C)c(C(=O)OC)oc(=S)c1-c1ccccc1. The van der Waals surface area contributed by atoms with E-state index >= 15 is 0 Å². The van der Waals surface area contributed by atoms with Gasteiger partial charge in [-0.2, -0.15) is 0 Å². The van der Waals surface area contributed by atoms with E-state index in [0.29, 0.717) is 4.71 Å².